The van der Waals surface area contributed by atoms with Crippen LogP contribution in [0.25, 0.3) is 0 Å². The molecular weight excluding hydrogens is 240 g/mol. The number of aliphatic hydroxyl groups excluding tert-OH is 1. The van der Waals surface area contributed by atoms with Gasteiger partial charge in [-0.15, -0.1) is 0 Å². The fourth-order valence-electron chi connectivity index (χ4n) is 3.91. The monoisotopic (exact) mass is 268 g/mol. The molecule has 0 spiro atoms. The van der Waals surface area contributed by atoms with E-state index in [0.29, 0.717) is 12.5 Å². The molecule has 19 heavy (non-hydrogen) atoms. The predicted molar refractivity (Wildman–Crippen MR) is 75.5 cm³/mol. The van der Waals surface area contributed by atoms with Crippen LogP contribution in [-0.2, 0) is 4.79 Å². The number of nitrogens with one attached hydrogen (secondary N) is 1. The second-order valence-corrected chi connectivity index (χ2v) is 6.79. The average Bonchev–Trinajstić information content (AvgIpc) is 2.88. The quantitative estimate of drug-likeness (QED) is 0.724. The van der Waals surface area contributed by atoms with Gasteiger partial charge in [0.25, 0.3) is 0 Å². The molecule has 110 valence electrons. The number of amides is 1. The fourth-order valence-corrected chi connectivity index (χ4v) is 3.91. The molecule has 0 saturated heterocycles. The number of carbonyl (C=O) groups is 1. The van der Waals surface area contributed by atoms with Crippen LogP contribution in [0.3, 0.4) is 0 Å². The van der Waals surface area contributed by atoms with Crippen LogP contribution >= 0.6 is 0 Å². The first kappa shape index (κ1) is 14.8. The highest BCUT2D eigenvalue weighted by Crippen LogP contribution is 2.39. The van der Waals surface area contributed by atoms with Gasteiger partial charge in [-0.25, -0.2) is 0 Å². The van der Waals surface area contributed by atoms with E-state index in [0.717, 1.165) is 44.9 Å². The Morgan fingerprint density at radius 3 is 2.53 bits per heavy atom. The SMILES string of the molecule is CC1CCCC(CO)(NC(=O)C2(CN)CCCC2)C1. The number of nitrogens with two attached hydrogens (primary N) is 1. The molecule has 0 aliphatic heterocycles. The molecule has 1 amide bonds. The Kier molecular flexibility index (Phi) is 4.51. The minimum atomic E-state index is -0.403. The summed E-state index contributed by atoms with van der Waals surface area (Å²) in [6, 6.07) is 0. The highest BCUT2D eigenvalue weighted by Gasteiger charge is 2.44. The lowest BCUT2D eigenvalue weighted by molar-refractivity contribution is -0.133. The Bertz CT molecular complexity index is 326. The largest absolute Gasteiger partial charge is 0.394 e. The molecule has 0 aromatic carbocycles. The molecule has 2 aliphatic rings. The summed E-state index contributed by atoms with van der Waals surface area (Å²) in [5, 5.41) is 12.9. The van der Waals surface area contributed by atoms with E-state index in [4.69, 9.17) is 5.73 Å². The molecule has 2 aliphatic carbocycles. The van der Waals surface area contributed by atoms with E-state index >= 15 is 0 Å². The van der Waals surface area contributed by atoms with E-state index in [1.54, 1.807) is 0 Å². The van der Waals surface area contributed by atoms with E-state index in [-0.39, 0.29) is 17.9 Å². The molecule has 2 rings (SSSR count). The van der Waals surface area contributed by atoms with Crippen LogP contribution in [0.4, 0.5) is 0 Å². The summed E-state index contributed by atoms with van der Waals surface area (Å²) in [5.74, 6) is 0.647. The molecule has 0 bridgehead atoms. The van der Waals surface area contributed by atoms with Crippen molar-refractivity contribution >= 4 is 5.91 Å². The van der Waals surface area contributed by atoms with Crippen LogP contribution < -0.4 is 11.1 Å². The second-order valence-electron chi connectivity index (χ2n) is 6.79. The summed E-state index contributed by atoms with van der Waals surface area (Å²) in [7, 11) is 0. The van der Waals surface area contributed by atoms with Gasteiger partial charge >= 0.3 is 0 Å². The Morgan fingerprint density at radius 2 is 2.00 bits per heavy atom. The zero-order valence-corrected chi connectivity index (χ0v) is 12.1. The van der Waals surface area contributed by atoms with Crippen LogP contribution in [0.15, 0.2) is 0 Å². The Morgan fingerprint density at radius 1 is 1.32 bits per heavy atom. The third-order valence-corrected chi connectivity index (χ3v) is 5.21. The topological polar surface area (TPSA) is 75.3 Å². The number of aliphatic hydroxyl groups is 1. The molecule has 2 saturated carbocycles. The van der Waals surface area contributed by atoms with Crippen molar-refractivity contribution in [2.45, 2.75) is 63.8 Å². The normalized spacial score (nSPS) is 34.2. The predicted octanol–water partition coefficient (Wildman–Crippen LogP) is 1.56. The molecule has 2 unspecified atom stereocenters. The van der Waals surface area contributed by atoms with Crippen molar-refractivity contribution in [3.05, 3.63) is 0 Å². The van der Waals surface area contributed by atoms with Crippen molar-refractivity contribution in [1.82, 2.24) is 5.32 Å². The minimum absolute atomic E-state index is 0.0454. The van der Waals surface area contributed by atoms with Crippen molar-refractivity contribution in [2.24, 2.45) is 17.1 Å². The van der Waals surface area contributed by atoms with Crippen molar-refractivity contribution in [3.8, 4) is 0 Å². The lowest BCUT2D eigenvalue weighted by atomic mass is 9.75. The van der Waals surface area contributed by atoms with Crippen molar-refractivity contribution in [1.29, 1.82) is 0 Å². The molecule has 0 aromatic rings. The van der Waals surface area contributed by atoms with Crippen molar-refractivity contribution in [2.75, 3.05) is 13.2 Å². The van der Waals surface area contributed by atoms with E-state index in [1.165, 1.54) is 6.42 Å². The zero-order valence-electron chi connectivity index (χ0n) is 12.1. The first-order chi connectivity index (χ1) is 9.06. The number of hydrogen-bond acceptors (Lipinski definition) is 3. The van der Waals surface area contributed by atoms with Gasteiger partial charge in [0.2, 0.25) is 5.91 Å². The van der Waals surface area contributed by atoms with Crippen LogP contribution in [-0.4, -0.2) is 29.7 Å². The van der Waals surface area contributed by atoms with Crippen LogP contribution in [0.2, 0.25) is 0 Å². The number of carbonyl (C=O) groups excluding carboxylic acids is 1. The Labute approximate surface area is 116 Å². The fraction of sp³-hybridized carbons (Fsp3) is 0.933. The maximum absolute atomic E-state index is 12.6. The average molecular weight is 268 g/mol. The molecular formula is C15H28N2O2. The second kappa shape index (κ2) is 5.80. The summed E-state index contributed by atoms with van der Waals surface area (Å²) in [4.78, 5) is 12.6. The first-order valence-corrected chi connectivity index (χ1v) is 7.69. The van der Waals surface area contributed by atoms with Gasteiger partial charge in [-0.3, -0.25) is 4.79 Å². The van der Waals surface area contributed by atoms with Gasteiger partial charge in [0.05, 0.1) is 17.6 Å². The molecule has 0 radical (unpaired) electrons. The van der Waals surface area contributed by atoms with Gasteiger partial charge in [-0.05, 0) is 31.6 Å². The summed E-state index contributed by atoms with van der Waals surface area (Å²) in [6.07, 6.45) is 8.02. The molecule has 2 atom stereocenters. The maximum Gasteiger partial charge on any atom is 0.228 e. The van der Waals surface area contributed by atoms with Gasteiger partial charge in [0, 0.05) is 6.54 Å². The van der Waals surface area contributed by atoms with E-state index < -0.39 is 5.54 Å². The van der Waals surface area contributed by atoms with E-state index in [9.17, 15) is 9.90 Å². The highest BCUT2D eigenvalue weighted by molar-refractivity contribution is 5.84. The Balaban J connectivity index is 2.07. The van der Waals surface area contributed by atoms with Crippen molar-refractivity contribution < 1.29 is 9.90 Å². The summed E-state index contributed by atoms with van der Waals surface area (Å²) < 4.78 is 0. The maximum atomic E-state index is 12.6. The number of rotatable bonds is 4. The summed E-state index contributed by atoms with van der Waals surface area (Å²) in [6.45, 7) is 2.67. The summed E-state index contributed by atoms with van der Waals surface area (Å²) in [5.41, 5.74) is 5.09. The van der Waals surface area contributed by atoms with Gasteiger partial charge in [0.15, 0.2) is 0 Å². The summed E-state index contributed by atoms with van der Waals surface area (Å²) >= 11 is 0. The van der Waals surface area contributed by atoms with Gasteiger partial charge < -0.3 is 16.2 Å². The Hall–Kier alpha value is -0.610. The smallest absolute Gasteiger partial charge is 0.228 e. The molecule has 2 fully saturated rings. The first-order valence-electron chi connectivity index (χ1n) is 7.69. The number of hydrogen-bond donors (Lipinski definition) is 3. The molecule has 4 N–H and O–H groups in total. The van der Waals surface area contributed by atoms with Gasteiger partial charge in [-0.2, -0.15) is 0 Å². The van der Waals surface area contributed by atoms with Crippen LogP contribution in [0.5, 0.6) is 0 Å². The lowest BCUT2D eigenvalue weighted by Gasteiger charge is -2.41. The standard InChI is InChI=1S/C15H28N2O2/c1-12-5-4-8-15(9-12,11-18)17-13(19)14(10-16)6-2-3-7-14/h12,18H,2-11,16H2,1H3,(H,17,19). The molecule has 0 heterocycles. The van der Waals surface area contributed by atoms with E-state index in [1.807, 2.05) is 0 Å². The molecule has 4 nitrogen and oxygen atoms in total. The zero-order chi connectivity index (χ0) is 13.9. The van der Waals surface area contributed by atoms with Crippen LogP contribution in [0.1, 0.15) is 58.3 Å². The highest BCUT2D eigenvalue weighted by atomic mass is 16.3. The van der Waals surface area contributed by atoms with E-state index in [2.05, 4.69) is 12.2 Å². The van der Waals surface area contributed by atoms with Crippen LogP contribution in [0, 0.1) is 11.3 Å². The third-order valence-electron chi connectivity index (χ3n) is 5.21. The molecule has 0 aromatic heterocycles. The van der Waals surface area contributed by atoms with Crippen molar-refractivity contribution in [3.63, 3.8) is 0 Å². The minimum Gasteiger partial charge on any atom is -0.394 e. The lowest BCUT2D eigenvalue weighted by Crippen LogP contribution is -2.58. The van der Waals surface area contributed by atoms with Gasteiger partial charge in [0.1, 0.15) is 0 Å². The molecule has 4 heteroatoms. The van der Waals surface area contributed by atoms with Gasteiger partial charge in [-0.1, -0.05) is 32.6 Å². The third kappa shape index (κ3) is 2.95.